The van der Waals surface area contributed by atoms with E-state index in [1.54, 1.807) is 31.5 Å². The van der Waals surface area contributed by atoms with Crippen LogP contribution in [0.1, 0.15) is 5.56 Å². The zero-order valence-corrected chi connectivity index (χ0v) is 15.9. The first-order valence-electron chi connectivity index (χ1n) is 9.14. The molecular weight excluding hydrogens is 362 g/mol. The fourth-order valence-corrected chi connectivity index (χ4v) is 2.91. The number of aliphatic imine (C=N–C) groups is 1. The molecule has 0 saturated heterocycles. The molecule has 142 valence electrons. The summed E-state index contributed by atoms with van der Waals surface area (Å²) in [5, 5.41) is 10.5. The van der Waals surface area contributed by atoms with Crippen molar-refractivity contribution in [3.8, 4) is 34.0 Å². The number of rotatable bonds is 5. The molecule has 1 heterocycles. The molecule has 0 aliphatic carbocycles. The third-order valence-corrected chi connectivity index (χ3v) is 4.39. The molecule has 0 spiro atoms. The molecular formula is C24H19N3O2. The Kier molecular flexibility index (Phi) is 5.29. The lowest BCUT2D eigenvalue weighted by Crippen LogP contribution is -1.93. The molecule has 1 N–H and O–H groups in total. The summed E-state index contributed by atoms with van der Waals surface area (Å²) in [5.41, 5.74) is 3.79. The van der Waals surface area contributed by atoms with Gasteiger partial charge in [0.05, 0.1) is 18.5 Å². The molecule has 0 aliphatic rings. The first kappa shape index (κ1) is 18.4. The molecule has 0 bridgehead atoms. The second kappa shape index (κ2) is 8.35. The van der Waals surface area contributed by atoms with Gasteiger partial charge in [-0.1, -0.05) is 60.7 Å². The molecule has 4 aromatic rings. The Morgan fingerprint density at radius 3 is 2.21 bits per heavy atom. The van der Waals surface area contributed by atoms with Gasteiger partial charge in [0, 0.05) is 23.4 Å². The van der Waals surface area contributed by atoms with Crippen molar-refractivity contribution in [2.45, 2.75) is 0 Å². The van der Waals surface area contributed by atoms with Crippen LogP contribution < -0.4 is 4.74 Å². The lowest BCUT2D eigenvalue weighted by atomic mass is 10.1. The van der Waals surface area contributed by atoms with Gasteiger partial charge in [-0.05, 0) is 23.8 Å². The Labute approximate surface area is 169 Å². The molecule has 5 heteroatoms. The molecule has 3 aromatic carbocycles. The highest BCUT2D eigenvalue weighted by molar-refractivity contribution is 5.81. The minimum Gasteiger partial charge on any atom is -0.507 e. The molecule has 29 heavy (non-hydrogen) atoms. The molecule has 0 unspecified atom stereocenters. The van der Waals surface area contributed by atoms with Crippen LogP contribution in [0.15, 0.2) is 89.9 Å². The second-order valence-electron chi connectivity index (χ2n) is 6.36. The van der Waals surface area contributed by atoms with Gasteiger partial charge in [-0.2, -0.15) is 0 Å². The lowest BCUT2D eigenvalue weighted by molar-refractivity contribution is 0.408. The first-order valence-corrected chi connectivity index (χ1v) is 9.14. The van der Waals surface area contributed by atoms with Crippen molar-refractivity contribution >= 4 is 12.2 Å². The van der Waals surface area contributed by atoms with Crippen LogP contribution in [0.3, 0.4) is 0 Å². The largest absolute Gasteiger partial charge is 0.507 e. The maximum Gasteiger partial charge on any atom is 0.250 e. The topological polar surface area (TPSA) is 67.6 Å². The van der Waals surface area contributed by atoms with Crippen LogP contribution in [0.4, 0.5) is 5.95 Å². The number of nitrogens with zero attached hydrogens (tertiary/aromatic N) is 3. The summed E-state index contributed by atoms with van der Waals surface area (Å²) in [4.78, 5) is 13.6. The summed E-state index contributed by atoms with van der Waals surface area (Å²) in [5.74, 6) is 0.978. The first-order chi connectivity index (χ1) is 14.2. The molecule has 0 radical (unpaired) electrons. The van der Waals surface area contributed by atoms with Gasteiger partial charge in [-0.3, -0.25) is 0 Å². The average molecular weight is 381 g/mol. The number of benzene rings is 3. The smallest absolute Gasteiger partial charge is 0.250 e. The Hall–Kier alpha value is -3.99. The van der Waals surface area contributed by atoms with E-state index < -0.39 is 0 Å². The number of hydrogen-bond acceptors (Lipinski definition) is 5. The van der Waals surface area contributed by atoms with Crippen molar-refractivity contribution in [2.75, 3.05) is 7.11 Å². The molecule has 0 amide bonds. The van der Waals surface area contributed by atoms with Crippen molar-refractivity contribution in [1.29, 1.82) is 0 Å². The Balaban J connectivity index is 1.81. The number of methoxy groups -OCH3 is 1. The zero-order valence-electron chi connectivity index (χ0n) is 15.9. The van der Waals surface area contributed by atoms with E-state index in [0.717, 1.165) is 16.8 Å². The number of hydrogen-bond donors (Lipinski definition) is 1. The highest BCUT2D eigenvalue weighted by atomic mass is 16.5. The van der Waals surface area contributed by atoms with E-state index in [1.165, 1.54) is 0 Å². The zero-order chi connectivity index (χ0) is 20.1. The van der Waals surface area contributed by atoms with Crippen molar-refractivity contribution in [3.63, 3.8) is 0 Å². The lowest BCUT2D eigenvalue weighted by Gasteiger charge is -2.09. The third kappa shape index (κ3) is 4.30. The van der Waals surface area contributed by atoms with Gasteiger partial charge >= 0.3 is 0 Å². The van der Waals surface area contributed by atoms with Gasteiger partial charge in [-0.15, -0.1) is 0 Å². The molecule has 0 saturated carbocycles. The van der Waals surface area contributed by atoms with Crippen LogP contribution in [0.2, 0.25) is 0 Å². The van der Waals surface area contributed by atoms with Gasteiger partial charge in [0.15, 0.2) is 0 Å². The molecule has 0 atom stereocenters. The standard InChI is InChI=1S/C24H19N3O2/c1-29-19-12-13-20(23(28)14-19)22-15-21(18-10-6-3-7-11-18)26-24(27-22)25-16-17-8-4-2-5-9-17/h2-16,28H,1H3/b25-16-. The number of ether oxygens (including phenoxy) is 1. The van der Waals surface area contributed by atoms with Crippen LogP contribution in [0, 0.1) is 0 Å². The fourth-order valence-electron chi connectivity index (χ4n) is 2.91. The third-order valence-electron chi connectivity index (χ3n) is 4.39. The van der Waals surface area contributed by atoms with Crippen LogP contribution in [0.5, 0.6) is 11.5 Å². The normalized spacial score (nSPS) is 10.9. The summed E-state index contributed by atoms with van der Waals surface area (Å²) >= 11 is 0. The Morgan fingerprint density at radius 1 is 0.828 bits per heavy atom. The number of aromatic nitrogens is 2. The van der Waals surface area contributed by atoms with Gasteiger partial charge in [0.1, 0.15) is 11.5 Å². The Bertz CT molecular complexity index is 1140. The number of aromatic hydroxyl groups is 1. The maximum atomic E-state index is 10.5. The minimum atomic E-state index is 0.0834. The van der Waals surface area contributed by atoms with E-state index in [9.17, 15) is 5.11 Å². The van der Waals surface area contributed by atoms with Gasteiger partial charge < -0.3 is 9.84 Å². The predicted molar refractivity (Wildman–Crippen MR) is 115 cm³/mol. The maximum absolute atomic E-state index is 10.5. The monoisotopic (exact) mass is 381 g/mol. The van der Waals surface area contributed by atoms with Crippen LogP contribution in [0.25, 0.3) is 22.5 Å². The quantitative estimate of drug-likeness (QED) is 0.478. The van der Waals surface area contributed by atoms with E-state index in [2.05, 4.69) is 15.0 Å². The Morgan fingerprint density at radius 2 is 1.52 bits per heavy atom. The van der Waals surface area contributed by atoms with Crippen molar-refractivity contribution in [1.82, 2.24) is 9.97 Å². The van der Waals surface area contributed by atoms with Gasteiger partial charge in [-0.25, -0.2) is 15.0 Å². The number of phenolic OH excluding ortho intramolecular Hbond substituents is 1. The summed E-state index contributed by atoms with van der Waals surface area (Å²) in [7, 11) is 1.56. The van der Waals surface area contributed by atoms with Crippen molar-refractivity contribution < 1.29 is 9.84 Å². The van der Waals surface area contributed by atoms with Crippen molar-refractivity contribution in [2.24, 2.45) is 4.99 Å². The van der Waals surface area contributed by atoms with Crippen LogP contribution >= 0.6 is 0 Å². The van der Waals surface area contributed by atoms with Gasteiger partial charge in [0.25, 0.3) is 0 Å². The molecule has 5 nitrogen and oxygen atoms in total. The summed E-state index contributed by atoms with van der Waals surface area (Å²) in [6.45, 7) is 0. The summed E-state index contributed by atoms with van der Waals surface area (Å²) in [6, 6.07) is 26.5. The second-order valence-corrected chi connectivity index (χ2v) is 6.36. The molecule has 1 aromatic heterocycles. The van der Waals surface area contributed by atoms with E-state index >= 15 is 0 Å². The summed E-state index contributed by atoms with van der Waals surface area (Å²) in [6.07, 6.45) is 1.72. The molecule has 0 aliphatic heterocycles. The predicted octanol–water partition coefficient (Wildman–Crippen LogP) is 5.28. The van der Waals surface area contributed by atoms with Crippen LogP contribution in [-0.4, -0.2) is 28.4 Å². The average Bonchev–Trinajstić information content (AvgIpc) is 2.78. The highest BCUT2D eigenvalue weighted by Crippen LogP contribution is 2.33. The fraction of sp³-hybridized carbons (Fsp3) is 0.0417. The van der Waals surface area contributed by atoms with Crippen LogP contribution in [-0.2, 0) is 0 Å². The van der Waals surface area contributed by atoms with E-state index in [-0.39, 0.29) is 5.75 Å². The molecule has 4 rings (SSSR count). The highest BCUT2D eigenvalue weighted by Gasteiger charge is 2.12. The summed E-state index contributed by atoms with van der Waals surface area (Å²) < 4.78 is 5.17. The van der Waals surface area contributed by atoms with E-state index in [0.29, 0.717) is 23.0 Å². The van der Waals surface area contributed by atoms with E-state index in [1.807, 2.05) is 66.7 Å². The van der Waals surface area contributed by atoms with Crippen molar-refractivity contribution in [3.05, 3.63) is 90.5 Å². The van der Waals surface area contributed by atoms with Gasteiger partial charge in [0.2, 0.25) is 5.95 Å². The number of phenols is 1. The van der Waals surface area contributed by atoms with E-state index in [4.69, 9.17) is 4.74 Å². The minimum absolute atomic E-state index is 0.0834. The molecule has 0 fully saturated rings. The SMILES string of the molecule is COc1ccc(-c2cc(-c3ccccc3)nc(/N=C\c3ccccc3)n2)c(O)c1.